The van der Waals surface area contributed by atoms with Crippen molar-refractivity contribution in [2.24, 2.45) is 4.99 Å². The van der Waals surface area contributed by atoms with Gasteiger partial charge in [0.25, 0.3) is 0 Å². The van der Waals surface area contributed by atoms with Crippen molar-refractivity contribution in [3.05, 3.63) is 45.4 Å². The maximum atomic E-state index is 12.2. The van der Waals surface area contributed by atoms with Crippen LogP contribution in [0.4, 0.5) is 8.78 Å². The van der Waals surface area contributed by atoms with E-state index in [1.54, 1.807) is 30.5 Å². The molecule has 0 saturated carbocycles. The Morgan fingerprint density at radius 1 is 1.31 bits per heavy atom. The highest BCUT2D eigenvalue weighted by Crippen LogP contribution is 2.17. The second kappa shape index (κ2) is 10.6. The Labute approximate surface area is 173 Å². The molecular weight excluding hydrogens is 473 g/mol. The predicted octanol–water partition coefficient (Wildman–Crippen LogP) is 4.19. The van der Waals surface area contributed by atoms with E-state index < -0.39 is 6.61 Å². The lowest BCUT2D eigenvalue weighted by Gasteiger charge is -2.22. The van der Waals surface area contributed by atoms with Gasteiger partial charge < -0.3 is 15.0 Å². The number of halogens is 3. The summed E-state index contributed by atoms with van der Waals surface area (Å²) >= 11 is 1.67. The first kappa shape index (κ1) is 22.6. The SMILES string of the molecule is CN=C(NCc1sc(C)nc1C)N(C)Cc1ccc(OC(F)F)cc1.I. The van der Waals surface area contributed by atoms with E-state index in [0.29, 0.717) is 13.1 Å². The summed E-state index contributed by atoms with van der Waals surface area (Å²) in [6, 6.07) is 6.60. The number of nitrogens with one attached hydrogen (secondary N) is 1. The molecule has 26 heavy (non-hydrogen) atoms. The van der Waals surface area contributed by atoms with Gasteiger partial charge >= 0.3 is 6.61 Å². The van der Waals surface area contributed by atoms with Crippen molar-refractivity contribution < 1.29 is 13.5 Å². The van der Waals surface area contributed by atoms with Crippen molar-refractivity contribution in [2.75, 3.05) is 14.1 Å². The standard InChI is InChI=1S/C17H22F2N4OS.HI/c1-11-15(25-12(2)22-11)9-21-17(20-3)23(4)10-13-5-7-14(8-6-13)24-16(18)19;/h5-8,16H,9-10H2,1-4H3,(H,20,21);1H. The van der Waals surface area contributed by atoms with Gasteiger partial charge in [-0.25, -0.2) is 4.98 Å². The highest BCUT2D eigenvalue weighted by molar-refractivity contribution is 14.0. The normalized spacial score (nSPS) is 11.3. The van der Waals surface area contributed by atoms with E-state index in [-0.39, 0.29) is 29.7 Å². The quantitative estimate of drug-likeness (QED) is 0.371. The molecule has 0 bridgehead atoms. The van der Waals surface area contributed by atoms with Gasteiger partial charge in [0, 0.05) is 25.5 Å². The molecule has 0 aliphatic heterocycles. The topological polar surface area (TPSA) is 49.8 Å². The zero-order valence-corrected chi connectivity index (χ0v) is 18.3. The number of guanidine groups is 1. The van der Waals surface area contributed by atoms with Crippen LogP contribution < -0.4 is 10.1 Å². The molecule has 144 valence electrons. The number of alkyl halides is 2. The summed E-state index contributed by atoms with van der Waals surface area (Å²) in [6.45, 7) is 2.43. The van der Waals surface area contributed by atoms with Gasteiger partial charge in [0.15, 0.2) is 5.96 Å². The molecule has 2 aromatic rings. The number of hydrogen-bond donors (Lipinski definition) is 1. The van der Waals surface area contributed by atoms with Crippen LogP contribution in [0.2, 0.25) is 0 Å². The monoisotopic (exact) mass is 496 g/mol. The van der Waals surface area contributed by atoms with Crippen LogP contribution in [-0.2, 0) is 13.1 Å². The Morgan fingerprint density at radius 2 is 1.96 bits per heavy atom. The number of benzene rings is 1. The van der Waals surface area contributed by atoms with Gasteiger partial charge in [-0.3, -0.25) is 4.99 Å². The Hall–Kier alpha value is -1.49. The van der Waals surface area contributed by atoms with Gasteiger partial charge in [-0.15, -0.1) is 35.3 Å². The number of aromatic nitrogens is 1. The van der Waals surface area contributed by atoms with Gasteiger partial charge in [-0.2, -0.15) is 8.78 Å². The van der Waals surface area contributed by atoms with E-state index in [9.17, 15) is 8.78 Å². The summed E-state index contributed by atoms with van der Waals surface area (Å²) in [5.41, 5.74) is 2.00. The zero-order valence-electron chi connectivity index (χ0n) is 15.1. The summed E-state index contributed by atoms with van der Waals surface area (Å²) < 4.78 is 28.7. The Kier molecular flexibility index (Phi) is 9.20. The molecule has 0 atom stereocenters. The predicted molar refractivity (Wildman–Crippen MR) is 112 cm³/mol. The van der Waals surface area contributed by atoms with Crippen molar-refractivity contribution in [3.8, 4) is 5.75 Å². The average Bonchev–Trinajstić information content (AvgIpc) is 2.87. The van der Waals surface area contributed by atoms with E-state index >= 15 is 0 Å². The molecule has 0 saturated heterocycles. The minimum atomic E-state index is -2.81. The number of aryl methyl sites for hydroxylation is 2. The molecule has 0 unspecified atom stereocenters. The second-order valence-corrected chi connectivity index (χ2v) is 6.81. The fourth-order valence-electron chi connectivity index (χ4n) is 2.41. The van der Waals surface area contributed by atoms with E-state index in [0.717, 1.165) is 22.2 Å². The van der Waals surface area contributed by atoms with Gasteiger partial charge in [-0.1, -0.05) is 12.1 Å². The van der Waals surface area contributed by atoms with Crippen LogP contribution in [-0.4, -0.2) is 36.6 Å². The van der Waals surface area contributed by atoms with E-state index in [4.69, 9.17) is 0 Å². The Morgan fingerprint density at radius 3 is 2.46 bits per heavy atom. The maximum Gasteiger partial charge on any atom is 0.387 e. The lowest BCUT2D eigenvalue weighted by molar-refractivity contribution is -0.0498. The van der Waals surface area contributed by atoms with Crippen molar-refractivity contribution in [1.29, 1.82) is 0 Å². The highest BCUT2D eigenvalue weighted by atomic mass is 127. The third-order valence-corrected chi connectivity index (χ3v) is 4.62. The molecule has 5 nitrogen and oxygen atoms in total. The molecule has 0 spiro atoms. The Balaban J connectivity index is 0.00000338. The number of aliphatic imine (C=N–C) groups is 1. The minimum Gasteiger partial charge on any atom is -0.435 e. The summed E-state index contributed by atoms with van der Waals surface area (Å²) in [4.78, 5) is 11.8. The van der Waals surface area contributed by atoms with Gasteiger partial charge in [0.2, 0.25) is 0 Å². The zero-order chi connectivity index (χ0) is 18.4. The molecule has 2 rings (SSSR count). The smallest absolute Gasteiger partial charge is 0.387 e. The number of rotatable bonds is 6. The van der Waals surface area contributed by atoms with Crippen molar-refractivity contribution in [2.45, 2.75) is 33.5 Å². The van der Waals surface area contributed by atoms with E-state index in [2.05, 4.69) is 20.0 Å². The molecule has 0 aliphatic rings. The molecule has 1 aromatic carbocycles. The molecule has 0 aliphatic carbocycles. The third kappa shape index (κ3) is 6.67. The molecule has 0 radical (unpaired) electrons. The van der Waals surface area contributed by atoms with Crippen molar-refractivity contribution in [1.82, 2.24) is 15.2 Å². The van der Waals surface area contributed by atoms with Gasteiger partial charge in [0.1, 0.15) is 5.75 Å². The molecule has 1 N–H and O–H groups in total. The Bertz CT molecular complexity index is 722. The van der Waals surface area contributed by atoms with Gasteiger partial charge in [-0.05, 0) is 31.5 Å². The molecular formula is C17H23F2IN4OS. The van der Waals surface area contributed by atoms with Crippen LogP contribution in [0.1, 0.15) is 21.1 Å². The third-order valence-electron chi connectivity index (χ3n) is 3.55. The molecule has 0 amide bonds. The van der Waals surface area contributed by atoms with Crippen LogP contribution in [0.25, 0.3) is 0 Å². The second-order valence-electron chi connectivity index (χ2n) is 5.52. The van der Waals surface area contributed by atoms with Crippen molar-refractivity contribution in [3.63, 3.8) is 0 Å². The van der Waals surface area contributed by atoms with Gasteiger partial charge in [0.05, 0.1) is 17.2 Å². The number of hydrogen-bond acceptors (Lipinski definition) is 4. The number of nitrogens with zero attached hydrogens (tertiary/aromatic N) is 3. The van der Waals surface area contributed by atoms with Crippen LogP contribution in [0, 0.1) is 13.8 Å². The largest absolute Gasteiger partial charge is 0.435 e. The fraction of sp³-hybridized carbons (Fsp3) is 0.412. The van der Waals surface area contributed by atoms with Crippen molar-refractivity contribution >= 4 is 41.3 Å². The van der Waals surface area contributed by atoms with E-state index in [1.807, 2.05) is 25.8 Å². The molecule has 9 heteroatoms. The summed E-state index contributed by atoms with van der Waals surface area (Å²) in [5, 5.41) is 4.36. The lowest BCUT2D eigenvalue weighted by atomic mass is 10.2. The van der Waals surface area contributed by atoms with E-state index in [1.165, 1.54) is 17.0 Å². The van der Waals surface area contributed by atoms with Crippen LogP contribution >= 0.6 is 35.3 Å². The number of thiazole rings is 1. The average molecular weight is 496 g/mol. The first-order chi connectivity index (χ1) is 11.9. The number of ether oxygens (including phenoxy) is 1. The fourth-order valence-corrected chi connectivity index (χ4v) is 3.28. The molecule has 0 fully saturated rings. The maximum absolute atomic E-state index is 12.2. The molecule has 1 aromatic heterocycles. The summed E-state index contributed by atoms with van der Waals surface area (Å²) in [7, 11) is 3.65. The lowest BCUT2D eigenvalue weighted by Crippen LogP contribution is -2.38. The van der Waals surface area contributed by atoms with Crippen LogP contribution in [0.5, 0.6) is 5.75 Å². The summed E-state index contributed by atoms with van der Waals surface area (Å²) in [5.74, 6) is 0.901. The first-order valence-corrected chi connectivity index (χ1v) is 8.59. The summed E-state index contributed by atoms with van der Waals surface area (Å²) in [6.07, 6.45) is 0. The molecule has 1 heterocycles. The van der Waals surface area contributed by atoms with Crippen LogP contribution in [0.3, 0.4) is 0 Å². The van der Waals surface area contributed by atoms with Crippen LogP contribution in [0.15, 0.2) is 29.3 Å². The highest BCUT2D eigenvalue weighted by Gasteiger charge is 2.10. The minimum absolute atomic E-state index is 0. The first-order valence-electron chi connectivity index (χ1n) is 7.77.